The first-order valence-electron chi connectivity index (χ1n) is 12.9. The molecule has 2 aromatic heterocycles. The highest BCUT2D eigenvalue weighted by Gasteiger charge is 2.42. The minimum absolute atomic E-state index is 0.0769. The second-order valence-corrected chi connectivity index (χ2v) is 10.3. The fourth-order valence-corrected chi connectivity index (χ4v) is 5.29. The van der Waals surface area contributed by atoms with Crippen LogP contribution in [-0.4, -0.2) is 59.2 Å². The first-order valence-corrected chi connectivity index (χ1v) is 12.9. The summed E-state index contributed by atoms with van der Waals surface area (Å²) in [6.45, 7) is 2.77. The van der Waals surface area contributed by atoms with Gasteiger partial charge in [-0.2, -0.15) is 10.5 Å². The Labute approximate surface area is 210 Å². The molecule has 1 N–H and O–H groups in total. The predicted molar refractivity (Wildman–Crippen MR) is 133 cm³/mol. The third-order valence-electron chi connectivity index (χ3n) is 7.67. The highest BCUT2D eigenvalue weighted by molar-refractivity contribution is 5.78. The number of nitriles is 2. The minimum Gasteiger partial charge on any atom is -0.377 e. The molecule has 184 valence electrons. The van der Waals surface area contributed by atoms with E-state index in [2.05, 4.69) is 32.2 Å². The smallest absolute Gasteiger partial charge is 0.225 e. The molecule has 2 unspecified atom stereocenters. The summed E-state index contributed by atoms with van der Waals surface area (Å²) in [5.74, 6) is 1.80. The zero-order chi connectivity index (χ0) is 24.6. The summed E-state index contributed by atoms with van der Waals surface area (Å²) in [6, 6.07) is 9.97. The molecule has 2 aromatic rings. The lowest BCUT2D eigenvalue weighted by Gasteiger charge is -2.43. The van der Waals surface area contributed by atoms with Gasteiger partial charge in [0.25, 0.3) is 0 Å². The molecule has 2 saturated heterocycles. The number of carbonyl (C=O) groups is 1. The molecule has 2 saturated carbocycles. The van der Waals surface area contributed by atoms with Crippen molar-refractivity contribution in [1.82, 2.24) is 14.9 Å². The molecule has 36 heavy (non-hydrogen) atoms. The summed E-state index contributed by atoms with van der Waals surface area (Å²) in [4.78, 5) is 26.4. The van der Waals surface area contributed by atoms with Crippen molar-refractivity contribution in [2.75, 3.05) is 36.5 Å². The lowest BCUT2D eigenvalue weighted by molar-refractivity contribution is -0.142. The maximum absolute atomic E-state index is 13.1. The van der Waals surface area contributed by atoms with Crippen LogP contribution in [0, 0.1) is 28.6 Å². The second kappa shape index (κ2) is 9.40. The van der Waals surface area contributed by atoms with Crippen molar-refractivity contribution < 1.29 is 9.53 Å². The number of ether oxygens (including phenoxy) is 1. The van der Waals surface area contributed by atoms with E-state index in [4.69, 9.17) is 9.72 Å². The topological polar surface area (TPSA) is 118 Å². The van der Waals surface area contributed by atoms with Gasteiger partial charge in [-0.1, -0.05) is 0 Å². The predicted octanol–water partition coefficient (Wildman–Crippen LogP) is 3.45. The Hall–Kier alpha value is -3.69. The van der Waals surface area contributed by atoms with E-state index in [0.29, 0.717) is 49.1 Å². The number of nitrogens with zero attached hydrogens (tertiary/aromatic N) is 6. The van der Waals surface area contributed by atoms with Gasteiger partial charge in [-0.05, 0) is 56.2 Å². The molecule has 1 amide bonds. The SMILES string of the molecule is N#Cc1cc(Nc2cc(C#N)c(N3CCN(C(=O)CC4CCO4)C(C4CC4)C3)nc2C2CC2)ccn1. The molecule has 2 aliphatic carbocycles. The fourth-order valence-electron chi connectivity index (χ4n) is 5.29. The largest absolute Gasteiger partial charge is 0.377 e. The van der Waals surface area contributed by atoms with Crippen LogP contribution in [-0.2, 0) is 9.53 Å². The molecule has 9 heteroatoms. The van der Waals surface area contributed by atoms with E-state index in [1.807, 2.05) is 12.1 Å². The first kappa shape index (κ1) is 22.8. The van der Waals surface area contributed by atoms with Crippen LogP contribution in [0.4, 0.5) is 17.2 Å². The van der Waals surface area contributed by atoms with Crippen LogP contribution in [0.3, 0.4) is 0 Å². The van der Waals surface area contributed by atoms with Gasteiger partial charge >= 0.3 is 0 Å². The molecule has 0 aromatic carbocycles. The Bertz CT molecular complexity index is 1250. The van der Waals surface area contributed by atoms with Gasteiger partial charge in [0.05, 0.1) is 35.5 Å². The first-order chi connectivity index (χ1) is 17.6. The molecule has 0 radical (unpaired) electrons. The third kappa shape index (κ3) is 4.59. The van der Waals surface area contributed by atoms with Crippen LogP contribution in [0.5, 0.6) is 0 Å². The number of pyridine rings is 2. The summed E-state index contributed by atoms with van der Waals surface area (Å²) in [5.41, 5.74) is 3.37. The Morgan fingerprint density at radius 1 is 1.14 bits per heavy atom. The van der Waals surface area contributed by atoms with Crippen molar-refractivity contribution in [2.24, 2.45) is 5.92 Å². The Morgan fingerprint density at radius 3 is 2.64 bits per heavy atom. The van der Waals surface area contributed by atoms with E-state index >= 15 is 0 Å². The zero-order valence-corrected chi connectivity index (χ0v) is 20.2. The lowest BCUT2D eigenvalue weighted by atomic mass is 10.0. The van der Waals surface area contributed by atoms with Gasteiger partial charge in [0.15, 0.2) is 0 Å². The average Bonchev–Trinajstić information content (AvgIpc) is 3.79. The fraction of sp³-hybridized carbons (Fsp3) is 0.519. The quantitative estimate of drug-likeness (QED) is 0.636. The van der Waals surface area contributed by atoms with Gasteiger partial charge in [-0.15, -0.1) is 0 Å². The summed E-state index contributed by atoms with van der Waals surface area (Å²) >= 11 is 0. The van der Waals surface area contributed by atoms with Gasteiger partial charge in [-0.3, -0.25) is 4.79 Å². The maximum atomic E-state index is 13.1. The van der Waals surface area contributed by atoms with Crippen LogP contribution in [0.2, 0.25) is 0 Å². The number of aromatic nitrogens is 2. The number of rotatable bonds is 7. The molecular weight excluding hydrogens is 454 g/mol. The molecule has 6 rings (SSSR count). The van der Waals surface area contributed by atoms with E-state index in [9.17, 15) is 15.3 Å². The number of carbonyl (C=O) groups excluding carboxylic acids is 1. The standard InChI is InChI=1S/C27H29N7O2/c28-14-19-11-23(31-20-5-7-30-21(12-20)15-29)26(18-3-4-18)32-27(19)33-8-9-34(24(16-33)17-1-2-17)25(35)13-22-6-10-36-22/h5,7,11-12,17-18,22,24H,1-4,6,8-10,13,16H2,(H,30,31). The zero-order valence-electron chi connectivity index (χ0n) is 20.2. The van der Waals surface area contributed by atoms with Gasteiger partial charge in [-0.25, -0.2) is 9.97 Å². The normalized spacial score (nSPS) is 23.4. The summed E-state index contributed by atoms with van der Waals surface area (Å²) < 4.78 is 5.50. The summed E-state index contributed by atoms with van der Waals surface area (Å²) in [7, 11) is 0. The molecule has 9 nitrogen and oxygen atoms in total. The molecular formula is C27H29N7O2. The number of anilines is 3. The monoisotopic (exact) mass is 483 g/mol. The van der Waals surface area contributed by atoms with Crippen molar-refractivity contribution in [2.45, 2.75) is 56.6 Å². The van der Waals surface area contributed by atoms with Gasteiger partial charge in [0.1, 0.15) is 23.7 Å². The van der Waals surface area contributed by atoms with Crippen molar-refractivity contribution in [3.63, 3.8) is 0 Å². The second-order valence-electron chi connectivity index (χ2n) is 10.3. The van der Waals surface area contributed by atoms with Crippen LogP contribution in [0.15, 0.2) is 24.4 Å². The molecule has 2 aliphatic heterocycles. The molecule has 2 atom stereocenters. The number of amides is 1. The van der Waals surface area contributed by atoms with Gasteiger partial charge in [0, 0.05) is 44.0 Å². The maximum Gasteiger partial charge on any atom is 0.225 e. The van der Waals surface area contributed by atoms with Crippen molar-refractivity contribution >= 4 is 23.1 Å². The van der Waals surface area contributed by atoms with E-state index in [1.54, 1.807) is 12.3 Å². The Balaban J connectivity index is 1.26. The summed E-state index contributed by atoms with van der Waals surface area (Å²) in [5, 5.41) is 22.6. The molecule has 4 heterocycles. The molecule has 4 aliphatic rings. The highest BCUT2D eigenvalue weighted by Crippen LogP contribution is 2.45. The number of hydrogen-bond donors (Lipinski definition) is 1. The molecule has 0 spiro atoms. The van der Waals surface area contributed by atoms with E-state index < -0.39 is 0 Å². The van der Waals surface area contributed by atoms with Crippen LogP contribution < -0.4 is 10.2 Å². The van der Waals surface area contributed by atoms with E-state index in [1.165, 1.54) is 0 Å². The van der Waals surface area contributed by atoms with Crippen molar-refractivity contribution in [3.05, 3.63) is 41.3 Å². The highest BCUT2D eigenvalue weighted by atomic mass is 16.5. The Morgan fingerprint density at radius 2 is 1.97 bits per heavy atom. The summed E-state index contributed by atoms with van der Waals surface area (Å²) in [6.07, 6.45) is 7.55. The molecule has 0 bridgehead atoms. The number of nitrogens with one attached hydrogen (secondary N) is 1. The van der Waals surface area contributed by atoms with Crippen molar-refractivity contribution in [1.29, 1.82) is 10.5 Å². The minimum atomic E-state index is 0.0769. The van der Waals surface area contributed by atoms with E-state index in [-0.39, 0.29) is 18.1 Å². The van der Waals surface area contributed by atoms with Crippen LogP contribution in [0.25, 0.3) is 0 Å². The third-order valence-corrected chi connectivity index (χ3v) is 7.67. The average molecular weight is 484 g/mol. The van der Waals surface area contributed by atoms with Crippen LogP contribution >= 0.6 is 0 Å². The van der Waals surface area contributed by atoms with Crippen molar-refractivity contribution in [3.8, 4) is 12.1 Å². The van der Waals surface area contributed by atoms with E-state index in [0.717, 1.165) is 61.6 Å². The number of hydrogen-bond acceptors (Lipinski definition) is 8. The Kier molecular flexibility index (Phi) is 5.94. The lowest BCUT2D eigenvalue weighted by Crippen LogP contribution is -2.57. The van der Waals surface area contributed by atoms with Gasteiger partial charge in [0.2, 0.25) is 5.91 Å². The van der Waals surface area contributed by atoms with Gasteiger partial charge < -0.3 is 19.9 Å². The van der Waals surface area contributed by atoms with Crippen LogP contribution in [0.1, 0.15) is 61.4 Å². The molecule has 4 fully saturated rings. The number of piperazine rings is 1.